The second-order valence-electron chi connectivity index (χ2n) is 5.53. The molecule has 1 heterocycles. The van der Waals surface area contributed by atoms with Crippen molar-refractivity contribution in [3.05, 3.63) is 30.0 Å². The summed E-state index contributed by atoms with van der Waals surface area (Å²) in [6, 6.07) is 7.56. The predicted molar refractivity (Wildman–Crippen MR) is 88.4 cm³/mol. The Kier molecular flexibility index (Phi) is 5.26. The van der Waals surface area contributed by atoms with E-state index >= 15 is 0 Å². The summed E-state index contributed by atoms with van der Waals surface area (Å²) in [6.07, 6.45) is 4.28. The number of benzene rings is 1. The van der Waals surface area contributed by atoms with Crippen LogP contribution < -0.4 is 5.73 Å². The molecule has 3 N–H and O–H groups in total. The van der Waals surface area contributed by atoms with Crippen molar-refractivity contribution in [2.45, 2.75) is 39.5 Å². The van der Waals surface area contributed by atoms with Crippen LogP contribution >= 0.6 is 0 Å². The van der Waals surface area contributed by atoms with Gasteiger partial charge in [0.15, 0.2) is 0 Å². The van der Waals surface area contributed by atoms with Gasteiger partial charge >= 0.3 is 0 Å². The smallest absolute Gasteiger partial charge is 0.270 e. The summed E-state index contributed by atoms with van der Waals surface area (Å²) in [6.45, 7) is 5.95. The number of nitrogens with zero attached hydrogens (tertiary/aromatic N) is 1. The van der Waals surface area contributed by atoms with Crippen molar-refractivity contribution in [1.82, 2.24) is 9.88 Å². The molecule has 4 nitrogen and oxygen atoms in total. The minimum absolute atomic E-state index is 0.0895. The van der Waals surface area contributed by atoms with Crippen LogP contribution in [0, 0.1) is 0 Å². The zero-order valence-electron chi connectivity index (χ0n) is 13.0. The minimum Gasteiger partial charge on any atom is -0.399 e. The monoisotopic (exact) mass is 287 g/mol. The van der Waals surface area contributed by atoms with E-state index < -0.39 is 0 Å². The summed E-state index contributed by atoms with van der Waals surface area (Å²) in [7, 11) is 0. The summed E-state index contributed by atoms with van der Waals surface area (Å²) in [5.74, 6) is 0.0895. The number of nitrogens with two attached hydrogens (primary N) is 1. The summed E-state index contributed by atoms with van der Waals surface area (Å²) >= 11 is 0. The molecule has 1 aromatic heterocycles. The molecule has 0 fully saturated rings. The van der Waals surface area contributed by atoms with Gasteiger partial charge in [-0.05, 0) is 37.1 Å². The lowest BCUT2D eigenvalue weighted by atomic mass is 10.2. The lowest BCUT2D eigenvalue weighted by molar-refractivity contribution is 0.0746. The number of carbonyl (C=O) groups is 1. The molecule has 0 aliphatic rings. The summed E-state index contributed by atoms with van der Waals surface area (Å²) in [4.78, 5) is 17.8. The second-order valence-corrected chi connectivity index (χ2v) is 5.53. The van der Waals surface area contributed by atoms with Gasteiger partial charge < -0.3 is 15.6 Å². The van der Waals surface area contributed by atoms with E-state index in [0.29, 0.717) is 11.4 Å². The van der Waals surface area contributed by atoms with Crippen molar-refractivity contribution in [3.63, 3.8) is 0 Å². The first kappa shape index (κ1) is 15.4. The van der Waals surface area contributed by atoms with Crippen molar-refractivity contribution >= 4 is 22.5 Å². The van der Waals surface area contributed by atoms with E-state index in [4.69, 9.17) is 5.73 Å². The maximum atomic E-state index is 12.7. The lowest BCUT2D eigenvalue weighted by Crippen LogP contribution is -2.33. The molecule has 0 saturated carbocycles. The number of fused-ring (bicyclic) bond motifs is 1. The molecule has 2 rings (SSSR count). The SMILES string of the molecule is CCCCN(CCCC)C(=O)c1cc2cc(N)ccc2[nH]1. The molecule has 1 amide bonds. The van der Waals surface area contributed by atoms with E-state index in [1.54, 1.807) is 0 Å². The van der Waals surface area contributed by atoms with Crippen LogP contribution in [-0.4, -0.2) is 28.9 Å². The van der Waals surface area contributed by atoms with E-state index in [1.165, 1.54) is 0 Å². The van der Waals surface area contributed by atoms with E-state index in [0.717, 1.165) is 49.7 Å². The van der Waals surface area contributed by atoms with Crippen LogP contribution in [0.3, 0.4) is 0 Å². The highest BCUT2D eigenvalue weighted by Crippen LogP contribution is 2.19. The van der Waals surface area contributed by atoms with Crippen LogP contribution in [0.2, 0.25) is 0 Å². The largest absolute Gasteiger partial charge is 0.399 e. The Balaban J connectivity index is 2.20. The third-order valence-corrected chi connectivity index (χ3v) is 3.73. The Morgan fingerprint density at radius 3 is 2.43 bits per heavy atom. The molecular weight excluding hydrogens is 262 g/mol. The van der Waals surface area contributed by atoms with Gasteiger partial charge in [-0.15, -0.1) is 0 Å². The highest BCUT2D eigenvalue weighted by Gasteiger charge is 2.17. The lowest BCUT2D eigenvalue weighted by Gasteiger charge is -2.21. The average molecular weight is 287 g/mol. The van der Waals surface area contributed by atoms with E-state index in [2.05, 4.69) is 18.8 Å². The molecule has 0 bridgehead atoms. The minimum atomic E-state index is 0.0895. The maximum Gasteiger partial charge on any atom is 0.270 e. The molecule has 0 atom stereocenters. The first-order valence-electron chi connectivity index (χ1n) is 7.83. The zero-order chi connectivity index (χ0) is 15.2. The van der Waals surface area contributed by atoms with Gasteiger partial charge in [0.1, 0.15) is 5.69 Å². The van der Waals surface area contributed by atoms with Gasteiger partial charge in [0.2, 0.25) is 0 Å². The van der Waals surface area contributed by atoms with Gasteiger partial charge in [0.05, 0.1) is 0 Å². The Morgan fingerprint density at radius 2 is 1.81 bits per heavy atom. The maximum absolute atomic E-state index is 12.7. The number of aromatic nitrogens is 1. The highest BCUT2D eigenvalue weighted by atomic mass is 16.2. The van der Waals surface area contributed by atoms with Crippen LogP contribution in [0.4, 0.5) is 5.69 Å². The number of rotatable bonds is 7. The van der Waals surface area contributed by atoms with Crippen molar-refractivity contribution < 1.29 is 4.79 Å². The van der Waals surface area contributed by atoms with Crippen LogP contribution in [0.1, 0.15) is 50.0 Å². The van der Waals surface area contributed by atoms with E-state index in [-0.39, 0.29) is 5.91 Å². The molecule has 0 radical (unpaired) electrons. The van der Waals surface area contributed by atoms with Gasteiger partial charge in [0.25, 0.3) is 5.91 Å². The molecule has 0 aliphatic carbocycles. The molecule has 4 heteroatoms. The summed E-state index contributed by atoms with van der Waals surface area (Å²) < 4.78 is 0. The molecule has 0 aliphatic heterocycles. The number of H-pyrrole nitrogens is 1. The number of amides is 1. The Labute approximate surface area is 126 Å². The van der Waals surface area contributed by atoms with Gasteiger partial charge in [-0.25, -0.2) is 0 Å². The van der Waals surface area contributed by atoms with Gasteiger partial charge in [-0.3, -0.25) is 4.79 Å². The zero-order valence-corrected chi connectivity index (χ0v) is 13.0. The fourth-order valence-electron chi connectivity index (χ4n) is 2.45. The van der Waals surface area contributed by atoms with Crippen LogP contribution in [-0.2, 0) is 0 Å². The van der Waals surface area contributed by atoms with Crippen molar-refractivity contribution in [2.75, 3.05) is 18.8 Å². The number of nitrogens with one attached hydrogen (secondary N) is 1. The number of carbonyl (C=O) groups excluding carboxylic acids is 1. The first-order valence-corrected chi connectivity index (χ1v) is 7.83. The van der Waals surface area contributed by atoms with Gasteiger partial charge in [0, 0.05) is 29.7 Å². The molecule has 0 spiro atoms. The Bertz CT molecular complexity index is 595. The number of anilines is 1. The quantitative estimate of drug-likeness (QED) is 0.761. The standard InChI is InChI=1S/C17H25N3O/c1-3-5-9-20(10-6-4-2)17(21)16-12-13-11-14(18)7-8-15(13)19-16/h7-8,11-12,19H,3-6,9-10,18H2,1-2H3. The normalized spacial score (nSPS) is 11.0. The van der Waals surface area contributed by atoms with E-state index in [1.807, 2.05) is 29.2 Å². The van der Waals surface area contributed by atoms with Gasteiger partial charge in [-0.2, -0.15) is 0 Å². The molecule has 0 saturated heterocycles. The Morgan fingerprint density at radius 1 is 1.14 bits per heavy atom. The Hall–Kier alpha value is -1.97. The number of hydrogen-bond acceptors (Lipinski definition) is 2. The second kappa shape index (κ2) is 7.16. The van der Waals surface area contributed by atoms with Gasteiger partial charge in [-0.1, -0.05) is 26.7 Å². The number of unbranched alkanes of at least 4 members (excludes halogenated alkanes) is 2. The molecule has 114 valence electrons. The fraction of sp³-hybridized carbons (Fsp3) is 0.471. The highest BCUT2D eigenvalue weighted by molar-refractivity contribution is 5.98. The van der Waals surface area contributed by atoms with Crippen molar-refractivity contribution in [3.8, 4) is 0 Å². The molecular formula is C17H25N3O. The topological polar surface area (TPSA) is 62.1 Å². The molecule has 21 heavy (non-hydrogen) atoms. The molecule has 1 aromatic carbocycles. The van der Waals surface area contributed by atoms with Crippen molar-refractivity contribution in [1.29, 1.82) is 0 Å². The fourth-order valence-corrected chi connectivity index (χ4v) is 2.45. The number of hydrogen-bond donors (Lipinski definition) is 2. The average Bonchev–Trinajstić information content (AvgIpc) is 2.89. The van der Waals surface area contributed by atoms with Crippen molar-refractivity contribution in [2.24, 2.45) is 0 Å². The summed E-state index contributed by atoms with van der Waals surface area (Å²) in [5, 5.41) is 0.990. The number of aromatic amines is 1. The summed E-state index contributed by atoms with van der Waals surface area (Å²) in [5.41, 5.74) is 8.12. The molecule has 0 unspecified atom stereocenters. The molecule has 2 aromatic rings. The number of nitrogen functional groups attached to an aromatic ring is 1. The first-order chi connectivity index (χ1) is 10.2. The third-order valence-electron chi connectivity index (χ3n) is 3.73. The predicted octanol–water partition coefficient (Wildman–Crippen LogP) is 3.79. The van der Waals surface area contributed by atoms with Crippen LogP contribution in [0.25, 0.3) is 10.9 Å². The third kappa shape index (κ3) is 3.78. The van der Waals surface area contributed by atoms with E-state index in [9.17, 15) is 4.79 Å². The van der Waals surface area contributed by atoms with Crippen LogP contribution in [0.15, 0.2) is 24.3 Å². The van der Waals surface area contributed by atoms with Crippen LogP contribution in [0.5, 0.6) is 0 Å².